The van der Waals surface area contributed by atoms with Crippen molar-refractivity contribution in [3.63, 3.8) is 0 Å². The molecule has 6 rings (SSSR count). The van der Waals surface area contributed by atoms with Gasteiger partial charge in [0.2, 0.25) is 24.1 Å². The van der Waals surface area contributed by atoms with E-state index in [1.165, 1.54) is 21.8 Å². The molecule has 7 N–H and O–H groups in total. The topological polar surface area (TPSA) is 271 Å². The van der Waals surface area contributed by atoms with Gasteiger partial charge in [0.1, 0.15) is 5.52 Å². The minimum absolute atomic E-state index is 0.0236. The number of imidazole rings is 2. The summed E-state index contributed by atoms with van der Waals surface area (Å²) in [6, 6.07) is 0. The largest absolute Gasteiger partial charge is 0.492 e. The average Bonchev–Trinajstić information content (AvgIpc) is 3.76. The van der Waals surface area contributed by atoms with Crippen LogP contribution in [0.3, 0.4) is 0 Å². The Morgan fingerprint density at radius 2 is 1.56 bits per heavy atom. The van der Waals surface area contributed by atoms with Crippen LogP contribution in [0.5, 0.6) is 5.88 Å². The Bertz CT molecular complexity index is 1930. The first kappa shape index (κ1) is 38.1. The Morgan fingerprint density at radius 3 is 2.14 bits per heavy atom. The molecule has 5 atom stereocenters. The fourth-order valence-electron chi connectivity index (χ4n) is 5.56. The molecule has 6 heterocycles. The van der Waals surface area contributed by atoms with Crippen molar-refractivity contribution in [1.29, 1.82) is 0 Å². The van der Waals surface area contributed by atoms with E-state index in [0.29, 0.717) is 11.2 Å². The summed E-state index contributed by atoms with van der Waals surface area (Å²) in [7, 11) is -8.77. The zero-order valence-electron chi connectivity index (χ0n) is 27.2. The number of aromatic hydroxyl groups is 1. The van der Waals surface area contributed by atoms with Gasteiger partial charge in [0.15, 0.2) is 27.8 Å². The number of alkyl halides is 2. The summed E-state index contributed by atoms with van der Waals surface area (Å²) in [5.74, 6) is -3.60. The van der Waals surface area contributed by atoms with E-state index in [2.05, 4.69) is 29.9 Å². The van der Waals surface area contributed by atoms with Crippen LogP contribution in [-0.2, 0) is 40.7 Å². The Labute approximate surface area is 288 Å². The first-order valence-electron chi connectivity index (χ1n) is 15.3. The first-order valence-corrected chi connectivity index (χ1v) is 18.9. The molecule has 0 aromatic carbocycles. The number of anilines is 2. The zero-order chi connectivity index (χ0) is 36.8. The number of nitrogens with two attached hydrogens (primary N) is 2. The molecule has 2 aliphatic rings. The normalized spacial score (nSPS) is 24.5. The highest BCUT2D eigenvalue weighted by Crippen LogP contribution is 2.68. The maximum atomic E-state index is 16.0. The molecule has 0 radical (unpaired) electrons. The molecule has 2 aliphatic heterocycles. The number of fused-ring (bicyclic) bond motifs is 2. The van der Waals surface area contributed by atoms with Crippen molar-refractivity contribution in [3.05, 3.63) is 17.8 Å². The van der Waals surface area contributed by atoms with Crippen molar-refractivity contribution in [2.24, 2.45) is 11.8 Å². The molecule has 19 nitrogen and oxygen atoms in total. The van der Waals surface area contributed by atoms with Crippen LogP contribution in [0, 0.1) is 11.8 Å². The van der Waals surface area contributed by atoms with Gasteiger partial charge in [0, 0.05) is 19.0 Å². The first-order chi connectivity index (χ1) is 23.3. The maximum absolute atomic E-state index is 16.0. The van der Waals surface area contributed by atoms with Crippen molar-refractivity contribution < 1.29 is 51.3 Å². The summed E-state index contributed by atoms with van der Waals surface area (Å²) in [5.41, 5.74) is 9.49. The Hall–Kier alpha value is -3.13. The number of halogens is 3. The molecule has 2 fully saturated rings. The van der Waals surface area contributed by atoms with Crippen LogP contribution in [0.4, 0.5) is 20.7 Å². The van der Waals surface area contributed by atoms with Gasteiger partial charge in [-0.3, -0.25) is 9.13 Å². The molecular formula is C26H37ClF2N10O9P2. The number of rotatable bonds is 10. The minimum Gasteiger partial charge on any atom is -0.492 e. The fourth-order valence-corrected chi connectivity index (χ4v) is 8.95. The molecular weight excluding hydrogens is 732 g/mol. The van der Waals surface area contributed by atoms with E-state index in [9.17, 15) is 18.6 Å². The highest BCUT2D eigenvalue weighted by atomic mass is 35.5. The lowest BCUT2D eigenvalue weighted by molar-refractivity contribution is -0.0918. The van der Waals surface area contributed by atoms with Crippen LogP contribution in [0.15, 0.2) is 12.7 Å². The van der Waals surface area contributed by atoms with E-state index in [1.54, 1.807) is 27.7 Å². The van der Waals surface area contributed by atoms with Crippen LogP contribution in [0.1, 0.15) is 40.5 Å². The predicted molar refractivity (Wildman–Crippen MR) is 174 cm³/mol. The summed E-state index contributed by atoms with van der Waals surface area (Å²) >= 11 is 5.90. The number of nitrogen functional groups attached to an aromatic ring is 2. The molecule has 50 heavy (non-hydrogen) atoms. The number of hydrogen-bond acceptors (Lipinski definition) is 15. The summed E-state index contributed by atoms with van der Waals surface area (Å²) < 4.78 is 78.3. The third-order valence-electron chi connectivity index (χ3n) is 7.63. The Balaban J connectivity index is 0.000000200. The van der Waals surface area contributed by atoms with Gasteiger partial charge in [0.05, 0.1) is 37.4 Å². The Kier molecular flexibility index (Phi) is 11.0. The van der Waals surface area contributed by atoms with Gasteiger partial charge in [-0.1, -0.05) is 11.6 Å². The number of ether oxygens (including phenoxy) is 2. The van der Waals surface area contributed by atoms with E-state index in [1.807, 2.05) is 0 Å². The number of aromatic nitrogens is 8. The molecule has 0 aliphatic carbocycles. The second-order valence-corrected chi connectivity index (χ2v) is 16.3. The van der Waals surface area contributed by atoms with Crippen molar-refractivity contribution >= 4 is 61.0 Å². The molecule has 4 aromatic heterocycles. The summed E-state index contributed by atoms with van der Waals surface area (Å²) in [6.45, 7) is 6.75. The quantitative estimate of drug-likeness (QED) is 0.114. The highest BCUT2D eigenvalue weighted by molar-refractivity contribution is 7.55. The van der Waals surface area contributed by atoms with Gasteiger partial charge in [0.25, 0.3) is 0 Å². The summed E-state index contributed by atoms with van der Waals surface area (Å²) in [4.78, 5) is 41.7. The maximum Gasteiger partial charge on any atom is 0.395 e. The molecule has 0 bridgehead atoms. The summed E-state index contributed by atoms with van der Waals surface area (Å²) in [5, 5.41) is 9.94. The van der Waals surface area contributed by atoms with E-state index in [-0.39, 0.29) is 66.6 Å². The van der Waals surface area contributed by atoms with E-state index < -0.39 is 57.0 Å². The molecule has 0 spiro atoms. The second kappa shape index (κ2) is 14.5. The van der Waals surface area contributed by atoms with Crippen molar-refractivity contribution in [3.8, 4) is 5.88 Å². The SMILES string of the molecule is CC(C)OP(=O)(OC(C)C)[C@]1(F)OCCC1Cn1cnc2c(O)nc(N)nc21.Nc1nc(Cl)c2ncn(C[C@H]3C[C@H](P(=O)(O)O)O[C@@H]3F)c2n1. The number of nitrogens with zero attached hydrogens (tertiary/aromatic N) is 8. The van der Waals surface area contributed by atoms with Crippen LogP contribution >= 0.6 is 26.8 Å². The van der Waals surface area contributed by atoms with E-state index in [4.69, 9.17) is 51.4 Å². The van der Waals surface area contributed by atoms with Gasteiger partial charge in [-0.2, -0.15) is 24.3 Å². The molecule has 0 saturated carbocycles. The molecule has 276 valence electrons. The standard InChI is InChI=1S/C16H25FN5O5P.C10H12ClFN5O4P/c1-9(2)26-28(24,27-10(3)4)16(17)11(5-6-25-16)7-22-8-19-12-13(22)20-15(18)21-14(12)23;11-7-6-9(16-10(13)15-7)17(3-14-6)2-4-1-5(21-8(4)12)22(18,19)20/h8-11H,5-7H2,1-4H3,(H3,18,20,21,23);3-5,8H,1-2H2,(H2,13,15,16)(H2,18,19,20)/t11?,16-;4-,5+,8+/m11/s1. The summed E-state index contributed by atoms with van der Waals surface area (Å²) in [6.07, 6.45) is 0.109. The van der Waals surface area contributed by atoms with Crippen LogP contribution in [0.25, 0.3) is 22.3 Å². The zero-order valence-corrected chi connectivity index (χ0v) is 29.8. The molecule has 4 aromatic rings. The van der Waals surface area contributed by atoms with Gasteiger partial charge >= 0.3 is 20.8 Å². The van der Waals surface area contributed by atoms with Crippen molar-refractivity contribution in [1.82, 2.24) is 39.0 Å². The monoisotopic (exact) mass is 768 g/mol. The van der Waals surface area contributed by atoms with E-state index in [0.717, 1.165) is 0 Å². The predicted octanol–water partition coefficient (Wildman–Crippen LogP) is 3.71. The lowest BCUT2D eigenvalue weighted by Gasteiger charge is -2.34. The van der Waals surface area contributed by atoms with E-state index >= 15 is 4.39 Å². The lowest BCUT2D eigenvalue weighted by Crippen LogP contribution is -2.36. The smallest absolute Gasteiger partial charge is 0.395 e. The van der Waals surface area contributed by atoms with Crippen molar-refractivity contribution in [2.45, 2.75) is 83.6 Å². The molecule has 24 heteroatoms. The van der Waals surface area contributed by atoms with Crippen LogP contribution in [0.2, 0.25) is 5.15 Å². The fraction of sp³-hybridized carbons (Fsp3) is 0.615. The lowest BCUT2D eigenvalue weighted by atomic mass is 10.1. The van der Waals surface area contributed by atoms with Crippen molar-refractivity contribution in [2.75, 3.05) is 18.1 Å². The second-order valence-electron chi connectivity index (χ2n) is 12.2. The average molecular weight is 769 g/mol. The molecule has 0 amide bonds. The Morgan fingerprint density at radius 1 is 1.00 bits per heavy atom. The van der Waals surface area contributed by atoms with Gasteiger partial charge < -0.3 is 54.0 Å². The molecule has 2 saturated heterocycles. The third-order valence-corrected chi connectivity index (χ3v) is 11.6. The third kappa shape index (κ3) is 7.85. The van der Waals surface area contributed by atoms with Gasteiger partial charge in [-0.15, -0.1) is 0 Å². The molecule has 1 unspecified atom stereocenters. The van der Waals surface area contributed by atoms with Crippen LogP contribution < -0.4 is 11.5 Å². The highest BCUT2D eigenvalue weighted by Gasteiger charge is 2.62. The van der Waals surface area contributed by atoms with Crippen LogP contribution in [-0.4, -0.2) is 90.5 Å². The number of hydrogen-bond donors (Lipinski definition) is 5. The van der Waals surface area contributed by atoms with Gasteiger partial charge in [-0.05, 0) is 40.5 Å². The minimum atomic E-state index is -4.50. The van der Waals surface area contributed by atoms with Gasteiger partial charge in [-0.25, -0.2) is 14.4 Å².